The minimum absolute atomic E-state index is 0.00584. The number of rotatable bonds is 3. The molecule has 2 heterocycles. The number of carbonyl (C=O) groups excluding carboxylic acids is 2. The number of ether oxygens (including phenoxy) is 4. The maximum Gasteiger partial charge on any atom is 0.339 e. The van der Waals surface area contributed by atoms with Crippen molar-refractivity contribution in [3.05, 3.63) is 70.3 Å². The van der Waals surface area contributed by atoms with Crippen LogP contribution in [-0.2, 0) is 25.6 Å². The molecule has 3 aromatic rings. The van der Waals surface area contributed by atoms with Crippen LogP contribution in [-0.4, -0.2) is 63.4 Å². The zero-order valence-electron chi connectivity index (χ0n) is 23.1. The second kappa shape index (κ2) is 10.9. The van der Waals surface area contributed by atoms with Gasteiger partial charge in [-0.2, -0.15) is 0 Å². The average Bonchev–Trinajstić information content (AvgIpc) is 2.96. The van der Waals surface area contributed by atoms with Crippen molar-refractivity contribution in [1.29, 1.82) is 0 Å². The molecule has 2 aliphatic heterocycles. The summed E-state index contributed by atoms with van der Waals surface area (Å²) in [5.74, 6) is -4.16. The van der Waals surface area contributed by atoms with E-state index in [0.717, 1.165) is 17.7 Å². The van der Waals surface area contributed by atoms with E-state index in [1.165, 1.54) is 13.8 Å². The molecule has 4 N–H and O–H groups in total. The van der Waals surface area contributed by atoms with E-state index in [1.807, 2.05) is 44.2 Å². The summed E-state index contributed by atoms with van der Waals surface area (Å²) in [6.45, 7) is 6.47. The lowest BCUT2D eigenvalue weighted by atomic mass is 9.87. The maximum absolute atomic E-state index is 13.8. The van der Waals surface area contributed by atoms with Crippen LogP contribution < -0.4 is 0 Å². The summed E-state index contributed by atoms with van der Waals surface area (Å²) in [6.07, 6.45) is -2.78. The standard InChI is InChI=1S/C31H32O10/c1-14-21(32)10-19-24(26(14)34)25-20(11-22(33)15(2)27(25)35)31(37)41-29-16(3)28(38-12-18-8-6-5-7-9-18)17(4)40-23(29)13-39-30(19)36/h5-11,16-17,23,28-29,32-35H,12-13H2,1-4H3/t16-,17-,23?,28?,29+/m1/s1. The Kier molecular flexibility index (Phi) is 7.54. The molecular formula is C31H32O10. The molecule has 0 aromatic heterocycles. The fourth-order valence-corrected chi connectivity index (χ4v) is 5.51. The van der Waals surface area contributed by atoms with Gasteiger partial charge in [0, 0.05) is 28.2 Å². The second-order valence-corrected chi connectivity index (χ2v) is 10.6. The lowest BCUT2D eigenvalue weighted by Gasteiger charge is -2.43. The molecule has 0 saturated carbocycles. The molecule has 10 nitrogen and oxygen atoms in total. The Labute approximate surface area is 236 Å². The van der Waals surface area contributed by atoms with Gasteiger partial charge in [0.05, 0.1) is 29.9 Å². The molecule has 0 radical (unpaired) electrons. The summed E-state index contributed by atoms with van der Waals surface area (Å²) >= 11 is 0. The summed E-state index contributed by atoms with van der Waals surface area (Å²) in [5.41, 5.74) is -0.110. The van der Waals surface area contributed by atoms with Crippen molar-refractivity contribution in [2.45, 2.75) is 58.7 Å². The molecule has 41 heavy (non-hydrogen) atoms. The van der Waals surface area contributed by atoms with E-state index in [1.54, 1.807) is 0 Å². The van der Waals surface area contributed by atoms with Crippen LogP contribution in [0.4, 0.5) is 0 Å². The first-order valence-electron chi connectivity index (χ1n) is 13.3. The van der Waals surface area contributed by atoms with Gasteiger partial charge in [-0.1, -0.05) is 37.3 Å². The molecule has 5 rings (SSSR count). The molecular weight excluding hydrogens is 532 g/mol. The topological polar surface area (TPSA) is 152 Å². The third-order valence-electron chi connectivity index (χ3n) is 7.91. The summed E-state index contributed by atoms with van der Waals surface area (Å²) in [5, 5.41) is 43.1. The van der Waals surface area contributed by atoms with Crippen molar-refractivity contribution in [2.75, 3.05) is 6.61 Å². The number of esters is 2. The highest BCUT2D eigenvalue weighted by Crippen LogP contribution is 2.48. The van der Waals surface area contributed by atoms with Crippen molar-refractivity contribution >= 4 is 11.9 Å². The van der Waals surface area contributed by atoms with Crippen LogP contribution in [0, 0.1) is 19.8 Å². The molecule has 1 fully saturated rings. The van der Waals surface area contributed by atoms with E-state index in [0.29, 0.717) is 6.61 Å². The fraction of sp³-hybridized carbons (Fsp3) is 0.355. The van der Waals surface area contributed by atoms with E-state index < -0.39 is 59.5 Å². The highest BCUT2D eigenvalue weighted by Gasteiger charge is 2.46. The first-order chi connectivity index (χ1) is 19.5. The summed E-state index contributed by atoms with van der Waals surface area (Å²) < 4.78 is 23.9. The number of phenolic OH excluding ortho intramolecular Hbond substituents is 4. The van der Waals surface area contributed by atoms with Gasteiger partial charge in [0.1, 0.15) is 41.8 Å². The van der Waals surface area contributed by atoms with Gasteiger partial charge in [0.15, 0.2) is 0 Å². The van der Waals surface area contributed by atoms with Gasteiger partial charge in [-0.25, -0.2) is 9.59 Å². The van der Waals surface area contributed by atoms with Crippen LogP contribution in [0.2, 0.25) is 0 Å². The molecule has 10 heteroatoms. The van der Waals surface area contributed by atoms with Crippen LogP contribution in [0.5, 0.6) is 23.0 Å². The SMILES string of the molecule is Cc1c(O)cc2c(c1O)-c1c(cc(O)c(C)c1O)C(=O)O[C@@H]1C(COC2=O)O[C@H](C)C(OCc2ccccc2)[C@H]1C. The van der Waals surface area contributed by atoms with Crippen molar-refractivity contribution in [2.24, 2.45) is 5.92 Å². The number of cyclic esters (lactones) is 1. The van der Waals surface area contributed by atoms with E-state index in [2.05, 4.69) is 0 Å². The maximum atomic E-state index is 13.8. The number of benzene rings is 3. The van der Waals surface area contributed by atoms with E-state index in [9.17, 15) is 30.0 Å². The molecule has 2 unspecified atom stereocenters. The number of phenols is 4. The largest absolute Gasteiger partial charge is 0.508 e. The van der Waals surface area contributed by atoms with Gasteiger partial charge in [-0.05, 0) is 38.5 Å². The summed E-state index contributed by atoms with van der Waals surface area (Å²) in [4.78, 5) is 27.2. The minimum Gasteiger partial charge on any atom is -0.508 e. The lowest BCUT2D eigenvalue weighted by molar-refractivity contribution is -0.216. The van der Waals surface area contributed by atoms with Gasteiger partial charge in [0.25, 0.3) is 0 Å². The van der Waals surface area contributed by atoms with Crippen molar-refractivity contribution in [3.8, 4) is 34.1 Å². The van der Waals surface area contributed by atoms with Crippen LogP contribution in [0.3, 0.4) is 0 Å². The monoisotopic (exact) mass is 564 g/mol. The molecule has 216 valence electrons. The predicted molar refractivity (Wildman–Crippen MR) is 146 cm³/mol. The Morgan fingerprint density at radius 3 is 2.00 bits per heavy atom. The van der Waals surface area contributed by atoms with Gasteiger partial charge in [0.2, 0.25) is 0 Å². The normalized spacial score (nSPS) is 24.2. The first kappa shape index (κ1) is 28.3. The Morgan fingerprint density at radius 2 is 1.41 bits per heavy atom. The number of carbonyl (C=O) groups is 2. The molecule has 1 saturated heterocycles. The van der Waals surface area contributed by atoms with Crippen LogP contribution in [0.15, 0.2) is 42.5 Å². The number of hydrogen-bond donors (Lipinski definition) is 4. The molecule has 0 bridgehead atoms. The molecule has 3 aromatic carbocycles. The molecule has 5 atom stereocenters. The summed E-state index contributed by atoms with van der Waals surface area (Å²) in [7, 11) is 0. The lowest BCUT2D eigenvalue weighted by Crippen LogP contribution is -2.56. The number of aromatic hydroxyl groups is 4. The zero-order chi connectivity index (χ0) is 29.6. The highest BCUT2D eigenvalue weighted by atomic mass is 16.6. The van der Waals surface area contributed by atoms with Gasteiger partial charge < -0.3 is 39.4 Å². The Bertz CT molecular complexity index is 1500. The van der Waals surface area contributed by atoms with E-state index >= 15 is 0 Å². The van der Waals surface area contributed by atoms with Crippen LogP contribution in [0.1, 0.15) is 51.3 Å². The van der Waals surface area contributed by atoms with Gasteiger partial charge in [-0.15, -0.1) is 0 Å². The Balaban J connectivity index is 1.60. The molecule has 0 spiro atoms. The quantitative estimate of drug-likeness (QED) is 0.335. The molecule has 0 amide bonds. The van der Waals surface area contributed by atoms with Gasteiger partial charge >= 0.3 is 11.9 Å². The van der Waals surface area contributed by atoms with Gasteiger partial charge in [-0.3, -0.25) is 0 Å². The predicted octanol–water partition coefficient (Wildman–Crippen LogP) is 4.50. The van der Waals surface area contributed by atoms with Crippen LogP contribution >= 0.6 is 0 Å². The Hall–Kier alpha value is -4.28. The van der Waals surface area contributed by atoms with E-state index in [-0.39, 0.29) is 45.7 Å². The highest BCUT2D eigenvalue weighted by molar-refractivity contribution is 6.07. The smallest absolute Gasteiger partial charge is 0.339 e. The number of hydrogen-bond acceptors (Lipinski definition) is 10. The fourth-order valence-electron chi connectivity index (χ4n) is 5.51. The van der Waals surface area contributed by atoms with Crippen molar-refractivity contribution in [3.63, 3.8) is 0 Å². The zero-order valence-corrected chi connectivity index (χ0v) is 23.1. The third kappa shape index (κ3) is 5.05. The minimum atomic E-state index is -0.948. The van der Waals surface area contributed by atoms with Crippen molar-refractivity contribution in [1.82, 2.24) is 0 Å². The Morgan fingerprint density at radius 1 is 0.854 bits per heavy atom. The third-order valence-corrected chi connectivity index (χ3v) is 7.91. The molecule has 0 aliphatic carbocycles. The molecule has 2 aliphatic rings. The number of fused-ring (bicyclic) bond motifs is 4. The van der Waals surface area contributed by atoms with Crippen molar-refractivity contribution < 1.29 is 49.0 Å². The average molecular weight is 565 g/mol. The summed E-state index contributed by atoms with van der Waals surface area (Å²) in [6, 6.07) is 11.8. The second-order valence-electron chi connectivity index (χ2n) is 10.6. The van der Waals surface area contributed by atoms with Crippen LogP contribution in [0.25, 0.3) is 11.1 Å². The van der Waals surface area contributed by atoms with E-state index in [4.69, 9.17) is 18.9 Å². The first-order valence-corrected chi connectivity index (χ1v) is 13.3.